The zero-order chi connectivity index (χ0) is 17.3. The number of carbonyl (C=O) groups is 1. The van der Waals surface area contributed by atoms with Gasteiger partial charge in [0.1, 0.15) is 11.4 Å². The van der Waals surface area contributed by atoms with Gasteiger partial charge in [-0.2, -0.15) is 5.10 Å². The van der Waals surface area contributed by atoms with E-state index in [-0.39, 0.29) is 34.2 Å². The summed E-state index contributed by atoms with van der Waals surface area (Å²) in [5, 5.41) is 25.3. The third-order valence-electron chi connectivity index (χ3n) is 3.70. The maximum Gasteiger partial charge on any atom is 0.294 e. The average molecular weight is 323 g/mol. The molecule has 0 amide bonds. The number of benzene rings is 2. The maximum absolute atomic E-state index is 12.4. The fourth-order valence-corrected chi connectivity index (χ4v) is 2.53. The third-order valence-corrected chi connectivity index (χ3v) is 3.70. The number of hydrogen-bond acceptors (Lipinski definition) is 6. The molecule has 2 aromatic carbocycles. The van der Waals surface area contributed by atoms with Crippen molar-refractivity contribution in [2.75, 3.05) is 5.43 Å². The lowest BCUT2D eigenvalue weighted by Gasteiger charge is -2.05. The number of rotatable bonds is 4. The number of allylic oxidation sites excluding steroid dienone is 1. The quantitative estimate of drug-likeness (QED) is 0.508. The number of Topliss-reactive ketones (excluding diaryl/α,β-unsaturated/α-hetero) is 1. The smallest absolute Gasteiger partial charge is 0.294 e. The van der Waals surface area contributed by atoms with E-state index in [0.717, 1.165) is 0 Å². The van der Waals surface area contributed by atoms with E-state index in [1.807, 2.05) is 0 Å². The van der Waals surface area contributed by atoms with Gasteiger partial charge in [-0.1, -0.05) is 36.4 Å². The van der Waals surface area contributed by atoms with Gasteiger partial charge in [0.2, 0.25) is 0 Å². The van der Waals surface area contributed by atoms with Gasteiger partial charge in [-0.3, -0.25) is 20.3 Å². The molecule has 0 saturated carbocycles. The SMILES string of the molecule is C/C(=N\Nc1ccccc1[N+](=O)[O-])C1=C(O)c2ccccc2C1=O. The summed E-state index contributed by atoms with van der Waals surface area (Å²) in [7, 11) is 0. The minimum absolute atomic E-state index is 0.0854. The summed E-state index contributed by atoms with van der Waals surface area (Å²) in [5.74, 6) is -0.463. The lowest BCUT2D eigenvalue weighted by atomic mass is 10.1. The van der Waals surface area contributed by atoms with E-state index in [1.165, 1.54) is 12.1 Å². The number of nitro benzene ring substituents is 1. The molecule has 2 N–H and O–H groups in total. The van der Waals surface area contributed by atoms with Gasteiger partial charge in [-0.25, -0.2) is 0 Å². The van der Waals surface area contributed by atoms with Gasteiger partial charge >= 0.3 is 0 Å². The molecule has 24 heavy (non-hydrogen) atoms. The Labute approximate surface area is 137 Å². The summed E-state index contributed by atoms with van der Waals surface area (Å²) in [6.45, 7) is 1.55. The summed E-state index contributed by atoms with van der Waals surface area (Å²) in [4.78, 5) is 22.9. The molecule has 0 unspecified atom stereocenters. The molecule has 0 saturated heterocycles. The number of para-hydroxylation sites is 2. The lowest BCUT2D eigenvalue weighted by molar-refractivity contribution is -0.384. The third kappa shape index (κ3) is 2.52. The molecule has 0 bridgehead atoms. The molecule has 0 spiro atoms. The topological polar surface area (TPSA) is 105 Å². The first kappa shape index (κ1) is 15.4. The van der Waals surface area contributed by atoms with Crippen LogP contribution in [0.4, 0.5) is 11.4 Å². The normalized spacial score (nSPS) is 13.9. The van der Waals surface area contributed by atoms with Gasteiger partial charge < -0.3 is 5.11 Å². The molecule has 1 aliphatic rings. The van der Waals surface area contributed by atoms with Crippen molar-refractivity contribution in [2.45, 2.75) is 6.92 Å². The minimum Gasteiger partial charge on any atom is -0.506 e. The second-order valence-corrected chi connectivity index (χ2v) is 5.18. The van der Waals surface area contributed by atoms with Crippen LogP contribution in [0.3, 0.4) is 0 Å². The van der Waals surface area contributed by atoms with E-state index in [4.69, 9.17) is 0 Å². The van der Waals surface area contributed by atoms with Gasteiger partial charge in [-0.05, 0) is 13.0 Å². The number of fused-ring (bicyclic) bond motifs is 1. The highest BCUT2D eigenvalue weighted by Crippen LogP contribution is 2.31. The van der Waals surface area contributed by atoms with Gasteiger partial charge in [0.15, 0.2) is 5.78 Å². The van der Waals surface area contributed by atoms with Crippen LogP contribution >= 0.6 is 0 Å². The first-order valence-electron chi connectivity index (χ1n) is 7.12. The van der Waals surface area contributed by atoms with Gasteiger partial charge in [0, 0.05) is 17.2 Å². The van der Waals surface area contributed by atoms with Gasteiger partial charge in [0.05, 0.1) is 16.2 Å². The van der Waals surface area contributed by atoms with Crippen LogP contribution in [-0.2, 0) is 0 Å². The second kappa shape index (κ2) is 5.96. The van der Waals surface area contributed by atoms with E-state index in [0.29, 0.717) is 11.1 Å². The van der Waals surface area contributed by atoms with Crippen LogP contribution in [-0.4, -0.2) is 21.5 Å². The van der Waals surface area contributed by atoms with E-state index in [1.54, 1.807) is 43.3 Å². The lowest BCUT2D eigenvalue weighted by Crippen LogP contribution is -2.09. The van der Waals surface area contributed by atoms with Crippen molar-refractivity contribution in [3.63, 3.8) is 0 Å². The van der Waals surface area contributed by atoms with Crippen molar-refractivity contribution >= 4 is 28.6 Å². The summed E-state index contributed by atoms with van der Waals surface area (Å²) in [5.41, 5.74) is 3.85. The second-order valence-electron chi connectivity index (χ2n) is 5.18. The molecular formula is C17H13N3O4. The molecule has 0 aliphatic heterocycles. The highest BCUT2D eigenvalue weighted by Gasteiger charge is 2.31. The largest absolute Gasteiger partial charge is 0.506 e. The van der Waals surface area contributed by atoms with Crippen LogP contribution in [0.1, 0.15) is 22.8 Å². The molecule has 0 aromatic heterocycles. The first-order chi connectivity index (χ1) is 11.5. The van der Waals surface area contributed by atoms with Crippen LogP contribution in [0.5, 0.6) is 0 Å². The minimum atomic E-state index is -0.527. The molecule has 1 aliphatic carbocycles. The Morgan fingerprint density at radius 2 is 1.75 bits per heavy atom. The van der Waals surface area contributed by atoms with Crippen molar-refractivity contribution in [3.8, 4) is 0 Å². The number of ketones is 1. The Kier molecular flexibility index (Phi) is 3.83. The van der Waals surface area contributed by atoms with Crippen molar-refractivity contribution in [1.29, 1.82) is 0 Å². The molecule has 0 fully saturated rings. The Balaban J connectivity index is 1.92. The van der Waals surface area contributed by atoms with Crippen molar-refractivity contribution in [1.82, 2.24) is 0 Å². The number of hydrazone groups is 1. The van der Waals surface area contributed by atoms with Crippen molar-refractivity contribution in [2.24, 2.45) is 5.10 Å². The summed E-state index contributed by atoms with van der Waals surface area (Å²) >= 11 is 0. The zero-order valence-corrected chi connectivity index (χ0v) is 12.7. The Hall–Kier alpha value is -3.48. The van der Waals surface area contributed by atoms with Crippen LogP contribution < -0.4 is 5.43 Å². The fraction of sp³-hybridized carbons (Fsp3) is 0.0588. The van der Waals surface area contributed by atoms with Crippen LogP contribution in [0.15, 0.2) is 59.2 Å². The standard InChI is InChI=1S/C17H13N3O4/c1-10(18-19-13-8-4-5-9-14(13)20(23)24)15-16(21)11-6-2-3-7-12(11)17(15)22/h2-9,19,21H,1H3/b18-10+. The Morgan fingerprint density at radius 1 is 1.12 bits per heavy atom. The predicted molar refractivity (Wildman–Crippen MR) is 90.1 cm³/mol. The number of hydrogen-bond donors (Lipinski definition) is 2. The number of nitro groups is 1. The number of aliphatic hydroxyl groups excluding tert-OH is 1. The molecule has 3 rings (SSSR count). The molecule has 7 nitrogen and oxygen atoms in total. The molecule has 2 aromatic rings. The number of carbonyl (C=O) groups excluding carboxylic acids is 1. The number of anilines is 1. The summed E-state index contributed by atoms with van der Waals surface area (Å²) in [6, 6.07) is 12.8. The highest BCUT2D eigenvalue weighted by atomic mass is 16.6. The highest BCUT2D eigenvalue weighted by molar-refractivity contribution is 6.35. The maximum atomic E-state index is 12.4. The van der Waals surface area contributed by atoms with E-state index >= 15 is 0 Å². The van der Waals surface area contributed by atoms with Crippen LogP contribution in [0.2, 0.25) is 0 Å². The number of nitrogens with one attached hydrogen (secondary N) is 1. The van der Waals surface area contributed by atoms with Crippen molar-refractivity contribution in [3.05, 3.63) is 75.3 Å². The van der Waals surface area contributed by atoms with Gasteiger partial charge in [0.25, 0.3) is 5.69 Å². The predicted octanol–water partition coefficient (Wildman–Crippen LogP) is 3.55. The fourth-order valence-electron chi connectivity index (χ4n) is 2.53. The molecule has 0 radical (unpaired) electrons. The van der Waals surface area contributed by atoms with Gasteiger partial charge in [-0.15, -0.1) is 0 Å². The zero-order valence-electron chi connectivity index (χ0n) is 12.7. The monoisotopic (exact) mass is 323 g/mol. The summed E-state index contributed by atoms with van der Waals surface area (Å²) < 4.78 is 0. The van der Waals surface area contributed by atoms with E-state index < -0.39 is 4.92 Å². The van der Waals surface area contributed by atoms with E-state index in [9.17, 15) is 20.0 Å². The first-order valence-corrected chi connectivity index (χ1v) is 7.12. The summed E-state index contributed by atoms with van der Waals surface area (Å²) in [6.07, 6.45) is 0. The average Bonchev–Trinajstić information content (AvgIpc) is 2.84. The van der Waals surface area contributed by atoms with Crippen LogP contribution in [0.25, 0.3) is 5.76 Å². The number of nitrogens with zero attached hydrogens (tertiary/aromatic N) is 2. The molecule has 120 valence electrons. The Bertz CT molecular complexity index is 916. The van der Waals surface area contributed by atoms with E-state index in [2.05, 4.69) is 10.5 Å². The molecule has 0 heterocycles. The molecule has 0 atom stereocenters. The number of aliphatic hydroxyl groups is 1. The Morgan fingerprint density at radius 3 is 2.42 bits per heavy atom. The molecular weight excluding hydrogens is 310 g/mol. The molecule has 7 heteroatoms. The van der Waals surface area contributed by atoms with Crippen LogP contribution in [0, 0.1) is 10.1 Å². The van der Waals surface area contributed by atoms with Crippen molar-refractivity contribution < 1.29 is 14.8 Å².